The lowest BCUT2D eigenvalue weighted by molar-refractivity contribution is 0.0736. The molecule has 1 unspecified atom stereocenters. The molecule has 4 aromatic rings. The van der Waals surface area contributed by atoms with Crippen LogP contribution in [-0.2, 0) is 0 Å². The van der Waals surface area contributed by atoms with Gasteiger partial charge in [0.05, 0.1) is 23.6 Å². The molecular formula is C23H21F2N5O2. The van der Waals surface area contributed by atoms with Gasteiger partial charge in [-0.05, 0) is 32.8 Å². The highest BCUT2D eigenvalue weighted by molar-refractivity contribution is 6.00. The summed E-state index contributed by atoms with van der Waals surface area (Å²) in [6.07, 6.45) is 0.157. The van der Waals surface area contributed by atoms with E-state index in [1.807, 2.05) is 32.0 Å². The zero-order valence-electron chi connectivity index (χ0n) is 17.6. The van der Waals surface area contributed by atoms with E-state index >= 15 is 0 Å². The molecule has 0 radical (unpaired) electrons. The van der Waals surface area contributed by atoms with Gasteiger partial charge in [0, 0.05) is 17.7 Å². The SMILES string of the molecule is Cc1noc(C)c1C1CCCN1C(=O)c1cnn2c(C(F)F)cc(-c3ccccc3)nc12. The van der Waals surface area contributed by atoms with Crippen LogP contribution in [0.15, 0.2) is 47.1 Å². The third-order valence-electron chi connectivity index (χ3n) is 5.96. The van der Waals surface area contributed by atoms with Crippen LogP contribution in [0, 0.1) is 13.8 Å². The van der Waals surface area contributed by atoms with Gasteiger partial charge in [-0.25, -0.2) is 18.3 Å². The average molecular weight is 437 g/mol. The predicted molar refractivity (Wildman–Crippen MR) is 112 cm³/mol. The first-order valence-electron chi connectivity index (χ1n) is 10.4. The second kappa shape index (κ2) is 7.81. The van der Waals surface area contributed by atoms with Crippen LogP contribution in [-0.4, -0.2) is 37.1 Å². The molecule has 0 N–H and O–H groups in total. The predicted octanol–water partition coefficient (Wildman–Crippen LogP) is 4.92. The highest BCUT2D eigenvalue weighted by Gasteiger charge is 2.36. The van der Waals surface area contributed by atoms with Gasteiger partial charge < -0.3 is 9.42 Å². The molecule has 0 bridgehead atoms. The Hall–Kier alpha value is -3.62. The number of halogens is 2. The van der Waals surface area contributed by atoms with E-state index in [1.54, 1.807) is 17.0 Å². The van der Waals surface area contributed by atoms with E-state index in [9.17, 15) is 13.6 Å². The van der Waals surface area contributed by atoms with E-state index in [-0.39, 0.29) is 28.9 Å². The summed E-state index contributed by atoms with van der Waals surface area (Å²) in [5.41, 5.74) is 2.71. The maximum absolute atomic E-state index is 13.8. The second-order valence-electron chi connectivity index (χ2n) is 7.92. The van der Waals surface area contributed by atoms with Crippen LogP contribution in [0.3, 0.4) is 0 Å². The van der Waals surface area contributed by atoms with Gasteiger partial charge in [0.25, 0.3) is 12.3 Å². The number of carbonyl (C=O) groups excluding carboxylic acids is 1. The molecule has 32 heavy (non-hydrogen) atoms. The normalized spacial score (nSPS) is 16.4. The zero-order chi connectivity index (χ0) is 22.4. The third-order valence-corrected chi connectivity index (χ3v) is 5.96. The van der Waals surface area contributed by atoms with Gasteiger partial charge in [0.1, 0.15) is 17.0 Å². The fraction of sp³-hybridized carbons (Fsp3) is 0.304. The van der Waals surface area contributed by atoms with Gasteiger partial charge in [-0.2, -0.15) is 5.10 Å². The van der Waals surface area contributed by atoms with Crippen molar-refractivity contribution in [2.24, 2.45) is 0 Å². The fourth-order valence-corrected chi connectivity index (χ4v) is 4.48. The van der Waals surface area contributed by atoms with E-state index in [0.29, 0.717) is 23.6 Å². The summed E-state index contributed by atoms with van der Waals surface area (Å²) in [6.45, 7) is 4.23. The molecule has 1 amide bonds. The number of carbonyl (C=O) groups is 1. The van der Waals surface area contributed by atoms with E-state index < -0.39 is 6.43 Å². The molecular weight excluding hydrogens is 416 g/mol. The van der Waals surface area contributed by atoms with Gasteiger partial charge >= 0.3 is 0 Å². The molecule has 0 aliphatic carbocycles. The number of hydrogen-bond acceptors (Lipinski definition) is 5. The number of amides is 1. The zero-order valence-corrected chi connectivity index (χ0v) is 17.6. The summed E-state index contributed by atoms with van der Waals surface area (Å²) in [5, 5.41) is 8.10. The number of benzene rings is 1. The Morgan fingerprint density at radius 2 is 2.00 bits per heavy atom. The molecule has 164 valence electrons. The quantitative estimate of drug-likeness (QED) is 0.453. The lowest BCUT2D eigenvalue weighted by atomic mass is 10.0. The number of nitrogens with zero attached hydrogens (tertiary/aromatic N) is 5. The highest BCUT2D eigenvalue weighted by Crippen LogP contribution is 2.37. The number of hydrogen-bond donors (Lipinski definition) is 0. The van der Waals surface area contributed by atoms with Gasteiger partial charge in [0.2, 0.25) is 0 Å². The Kier molecular flexibility index (Phi) is 4.96. The molecule has 1 aliphatic rings. The maximum Gasteiger partial charge on any atom is 0.280 e. The number of alkyl halides is 2. The minimum atomic E-state index is -2.77. The molecule has 9 heteroatoms. The number of fused-ring (bicyclic) bond motifs is 1. The molecule has 1 saturated heterocycles. The lowest BCUT2D eigenvalue weighted by Crippen LogP contribution is -2.31. The van der Waals surface area contributed by atoms with Crippen molar-refractivity contribution in [1.82, 2.24) is 24.7 Å². The third kappa shape index (κ3) is 3.24. The number of likely N-dealkylation sites (tertiary alicyclic amines) is 1. The Morgan fingerprint density at radius 3 is 2.69 bits per heavy atom. The Labute approximate surface area is 182 Å². The Morgan fingerprint density at radius 1 is 1.22 bits per heavy atom. The molecule has 0 saturated carbocycles. The van der Waals surface area contributed by atoms with Crippen LogP contribution in [0.2, 0.25) is 0 Å². The smallest absolute Gasteiger partial charge is 0.280 e. The first-order chi connectivity index (χ1) is 15.5. The highest BCUT2D eigenvalue weighted by atomic mass is 19.3. The van der Waals surface area contributed by atoms with Crippen LogP contribution in [0.4, 0.5) is 8.78 Å². The summed E-state index contributed by atoms with van der Waals surface area (Å²) in [4.78, 5) is 19.9. The summed E-state index contributed by atoms with van der Waals surface area (Å²) in [5.74, 6) is 0.386. The monoisotopic (exact) mass is 437 g/mol. The first kappa shape index (κ1) is 20.3. The second-order valence-corrected chi connectivity index (χ2v) is 7.92. The molecule has 3 aromatic heterocycles. The lowest BCUT2D eigenvalue weighted by Gasteiger charge is -2.24. The molecule has 1 fully saturated rings. The number of rotatable bonds is 4. The molecule has 7 nitrogen and oxygen atoms in total. The van der Waals surface area contributed by atoms with E-state index in [1.165, 1.54) is 12.3 Å². The Balaban J connectivity index is 1.61. The molecule has 1 aliphatic heterocycles. The number of aryl methyl sites for hydroxylation is 2. The van der Waals surface area contributed by atoms with E-state index in [2.05, 4.69) is 15.2 Å². The van der Waals surface area contributed by atoms with Crippen LogP contribution in [0.5, 0.6) is 0 Å². The van der Waals surface area contributed by atoms with Crippen LogP contribution < -0.4 is 0 Å². The number of aromatic nitrogens is 4. The fourth-order valence-electron chi connectivity index (χ4n) is 4.48. The van der Waals surface area contributed by atoms with Gasteiger partial charge in [-0.15, -0.1) is 0 Å². The first-order valence-corrected chi connectivity index (χ1v) is 10.4. The summed E-state index contributed by atoms with van der Waals surface area (Å²) >= 11 is 0. The van der Waals surface area contributed by atoms with Crippen LogP contribution in [0.25, 0.3) is 16.9 Å². The molecule has 4 heterocycles. The Bertz CT molecular complexity index is 1280. The van der Waals surface area contributed by atoms with Crippen molar-refractivity contribution in [3.8, 4) is 11.3 Å². The van der Waals surface area contributed by atoms with Crippen molar-refractivity contribution < 1.29 is 18.1 Å². The van der Waals surface area contributed by atoms with Gasteiger partial charge in [-0.3, -0.25) is 4.79 Å². The van der Waals surface area contributed by atoms with Crippen molar-refractivity contribution in [1.29, 1.82) is 0 Å². The minimum absolute atomic E-state index is 0.121. The molecule has 5 rings (SSSR count). The molecule has 1 aromatic carbocycles. The maximum atomic E-state index is 13.8. The van der Waals surface area contributed by atoms with Crippen LogP contribution >= 0.6 is 0 Å². The molecule has 0 spiro atoms. The summed E-state index contributed by atoms with van der Waals surface area (Å²) < 4.78 is 34.0. The standard InChI is InChI=1S/C23H21F2N5O2/c1-13-20(14(2)32-28-13)18-9-6-10-29(18)23(31)16-12-26-30-19(21(24)25)11-17(27-22(16)30)15-7-4-3-5-8-15/h3-5,7-8,11-12,18,21H,6,9-10H2,1-2H3. The average Bonchev–Trinajstić information content (AvgIpc) is 3.51. The minimum Gasteiger partial charge on any atom is -0.361 e. The van der Waals surface area contributed by atoms with E-state index in [4.69, 9.17) is 4.52 Å². The largest absolute Gasteiger partial charge is 0.361 e. The van der Waals surface area contributed by atoms with Crippen molar-refractivity contribution in [3.63, 3.8) is 0 Å². The summed E-state index contributed by atoms with van der Waals surface area (Å²) in [6, 6.07) is 10.2. The van der Waals surface area contributed by atoms with Gasteiger partial charge in [-0.1, -0.05) is 35.5 Å². The van der Waals surface area contributed by atoms with Gasteiger partial charge in [0.15, 0.2) is 5.65 Å². The van der Waals surface area contributed by atoms with Crippen molar-refractivity contribution in [3.05, 3.63) is 70.9 Å². The van der Waals surface area contributed by atoms with Crippen molar-refractivity contribution in [2.45, 2.75) is 39.2 Å². The van der Waals surface area contributed by atoms with Crippen LogP contribution in [0.1, 0.15) is 58.4 Å². The topological polar surface area (TPSA) is 76.5 Å². The van der Waals surface area contributed by atoms with Crippen molar-refractivity contribution >= 4 is 11.6 Å². The van der Waals surface area contributed by atoms with E-state index in [0.717, 1.165) is 28.6 Å². The molecule has 1 atom stereocenters. The summed E-state index contributed by atoms with van der Waals surface area (Å²) in [7, 11) is 0. The van der Waals surface area contributed by atoms with Crippen molar-refractivity contribution in [2.75, 3.05) is 6.54 Å².